The van der Waals surface area contributed by atoms with E-state index in [-0.39, 0.29) is 5.82 Å². The molecule has 0 aliphatic rings. The first-order valence-corrected chi connectivity index (χ1v) is 7.38. The second-order valence-electron chi connectivity index (χ2n) is 3.93. The van der Waals surface area contributed by atoms with Crippen LogP contribution in [0, 0.1) is 10.6 Å². The van der Waals surface area contributed by atoms with Gasteiger partial charge in [0.1, 0.15) is 5.82 Å². The molecule has 0 aliphatic heterocycles. The molecular formula is C12H8BrFN2S2. The van der Waals surface area contributed by atoms with E-state index in [1.54, 1.807) is 17.4 Å². The van der Waals surface area contributed by atoms with Gasteiger partial charge in [-0.25, -0.2) is 4.39 Å². The summed E-state index contributed by atoms with van der Waals surface area (Å²) >= 11 is 10.1. The number of thiophene rings is 1. The standard InChI is InChI=1S/C12H8BrFN2S2/c13-8-3-11-10(4-9(8)14)15-12(17)16(11)5-7-1-2-18-6-7/h1-4,6H,5H2,(H,15,17). The molecule has 0 bridgehead atoms. The van der Waals surface area contributed by atoms with Gasteiger partial charge in [-0.1, -0.05) is 0 Å². The van der Waals surface area contributed by atoms with Gasteiger partial charge in [0.25, 0.3) is 0 Å². The Hall–Kier alpha value is -0.980. The number of hydrogen-bond acceptors (Lipinski definition) is 2. The Labute approximate surface area is 120 Å². The predicted molar refractivity (Wildman–Crippen MR) is 78.2 cm³/mol. The van der Waals surface area contributed by atoms with Crippen LogP contribution in [-0.2, 0) is 6.54 Å². The van der Waals surface area contributed by atoms with Gasteiger partial charge in [-0.05, 0) is 56.6 Å². The molecule has 0 atom stereocenters. The number of benzene rings is 1. The molecule has 0 aliphatic carbocycles. The van der Waals surface area contributed by atoms with E-state index in [2.05, 4.69) is 32.4 Å². The van der Waals surface area contributed by atoms with Crippen LogP contribution in [0.25, 0.3) is 11.0 Å². The van der Waals surface area contributed by atoms with Crippen molar-refractivity contribution < 1.29 is 4.39 Å². The lowest BCUT2D eigenvalue weighted by atomic mass is 10.3. The van der Waals surface area contributed by atoms with Crippen LogP contribution < -0.4 is 0 Å². The van der Waals surface area contributed by atoms with Crippen LogP contribution in [-0.4, -0.2) is 9.55 Å². The van der Waals surface area contributed by atoms with Crippen molar-refractivity contribution in [2.24, 2.45) is 0 Å². The van der Waals surface area contributed by atoms with Gasteiger partial charge in [-0.3, -0.25) is 0 Å². The lowest BCUT2D eigenvalue weighted by molar-refractivity contribution is 0.622. The summed E-state index contributed by atoms with van der Waals surface area (Å²) in [6, 6.07) is 5.27. The maximum Gasteiger partial charge on any atom is 0.178 e. The van der Waals surface area contributed by atoms with Crippen LogP contribution in [0.2, 0.25) is 0 Å². The van der Waals surface area contributed by atoms with Gasteiger partial charge in [0.05, 0.1) is 22.1 Å². The molecule has 1 aromatic carbocycles. The van der Waals surface area contributed by atoms with Crippen molar-refractivity contribution in [3.8, 4) is 0 Å². The first kappa shape index (κ1) is 12.1. The first-order chi connectivity index (χ1) is 8.65. The van der Waals surface area contributed by atoms with Crippen molar-refractivity contribution in [3.05, 3.63) is 49.6 Å². The number of hydrogen-bond donors (Lipinski definition) is 1. The molecule has 6 heteroatoms. The van der Waals surface area contributed by atoms with E-state index in [0.29, 0.717) is 15.8 Å². The number of fused-ring (bicyclic) bond motifs is 1. The largest absolute Gasteiger partial charge is 0.330 e. The molecule has 2 heterocycles. The third-order valence-electron chi connectivity index (χ3n) is 2.74. The van der Waals surface area contributed by atoms with E-state index >= 15 is 0 Å². The van der Waals surface area contributed by atoms with Gasteiger partial charge in [-0.2, -0.15) is 11.3 Å². The minimum absolute atomic E-state index is 0.290. The second-order valence-corrected chi connectivity index (χ2v) is 5.95. The molecule has 0 spiro atoms. The molecule has 1 N–H and O–H groups in total. The molecule has 0 fully saturated rings. The van der Waals surface area contributed by atoms with E-state index in [4.69, 9.17) is 12.2 Å². The fourth-order valence-electron chi connectivity index (χ4n) is 1.87. The quantitative estimate of drug-likeness (QED) is 0.669. The lowest BCUT2D eigenvalue weighted by Crippen LogP contribution is -1.98. The van der Waals surface area contributed by atoms with Crippen LogP contribution in [0.4, 0.5) is 4.39 Å². The average molecular weight is 343 g/mol. The number of nitrogens with zero attached hydrogens (tertiary/aromatic N) is 1. The maximum atomic E-state index is 13.5. The van der Waals surface area contributed by atoms with Crippen LogP contribution in [0.15, 0.2) is 33.4 Å². The highest BCUT2D eigenvalue weighted by Gasteiger charge is 2.09. The summed E-state index contributed by atoms with van der Waals surface area (Å²) in [5, 5.41) is 4.11. The normalized spacial score (nSPS) is 11.2. The van der Waals surface area contributed by atoms with Crippen LogP contribution in [0.5, 0.6) is 0 Å². The molecule has 3 rings (SSSR count). The number of halogens is 2. The Morgan fingerprint density at radius 1 is 1.44 bits per heavy atom. The zero-order chi connectivity index (χ0) is 12.7. The summed E-state index contributed by atoms with van der Waals surface area (Å²) < 4.78 is 16.5. The molecule has 3 aromatic rings. The van der Waals surface area contributed by atoms with Gasteiger partial charge in [0.2, 0.25) is 0 Å². The van der Waals surface area contributed by atoms with Gasteiger partial charge in [0, 0.05) is 6.07 Å². The third-order valence-corrected chi connectivity index (χ3v) is 4.40. The summed E-state index contributed by atoms with van der Waals surface area (Å²) in [5.74, 6) is -0.290. The minimum atomic E-state index is -0.290. The average Bonchev–Trinajstić information content (AvgIpc) is 2.92. The highest BCUT2D eigenvalue weighted by atomic mass is 79.9. The first-order valence-electron chi connectivity index (χ1n) is 5.24. The lowest BCUT2D eigenvalue weighted by Gasteiger charge is -2.03. The summed E-state index contributed by atoms with van der Waals surface area (Å²) in [6.07, 6.45) is 0. The van der Waals surface area contributed by atoms with Gasteiger partial charge in [0.15, 0.2) is 4.77 Å². The third kappa shape index (κ3) is 2.04. The fraction of sp³-hybridized carbons (Fsp3) is 0.0833. The smallest absolute Gasteiger partial charge is 0.178 e. The number of aromatic nitrogens is 2. The van der Waals surface area contributed by atoms with Crippen LogP contribution in [0.3, 0.4) is 0 Å². The van der Waals surface area contributed by atoms with E-state index in [1.165, 1.54) is 11.6 Å². The fourth-order valence-corrected chi connectivity index (χ4v) is 3.14. The van der Waals surface area contributed by atoms with E-state index in [1.807, 2.05) is 9.95 Å². The van der Waals surface area contributed by atoms with E-state index < -0.39 is 0 Å². The number of rotatable bonds is 2. The molecule has 2 nitrogen and oxygen atoms in total. The molecule has 0 amide bonds. The maximum absolute atomic E-state index is 13.5. The topological polar surface area (TPSA) is 20.7 Å². The molecule has 0 saturated heterocycles. The zero-order valence-corrected chi connectivity index (χ0v) is 12.3. The minimum Gasteiger partial charge on any atom is -0.330 e. The summed E-state index contributed by atoms with van der Waals surface area (Å²) in [7, 11) is 0. The molecule has 2 aromatic heterocycles. The number of aromatic amines is 1. The molecule has 0 saturated carbocycles. The highest BCUT2D eigenvalue weighted by molar-refractivity contribution is 9.10. The number of imidazole rings is 1. The van der Waals surface area contributed by atoms with Crippen molar-refractivity contribution in [1.82, 2.24) is 9.55 Å². The monoisotopic (exact) mass is 342 g/mol. The predicted octanol–water partition coefficient (Wildman–Crippen LogP) is 4.71. The van der Waals surface area contributed by atoms with Crippen molar-refractivity contribution in [2.45, 2.75) is 6.54 Å². The Bertz CT molecular complexity index is 758. The Morgan fingerprint density at radius 2 is 2.28 bits per heavy atom. The van der Waals surface area contributed by atoms with Crippen LogP contribution >= 0.6 is 39.5 Å². The Balaban J connectivity index is 2.19. The number of nitrogens with one attached hydrogen (secondary N) is 1. The van der Waals surface area contributed by atoms with Crippen molar-refractivity contribution in [1.29, 1.82) is 0 Å². The second kappa shape index (κ2) is 4.60. The van der Waals surface area contributed by atoms with Crippen molar-refractivity contribution in [3.63, 3.8) is 0 Å². The molecule has 18 heavy (non-hydrogen) atoms. The zero-order valence-electron chi connectivity index (χ0n) is 9.11. The number of H-pyrrole nitrogens is 1. The summed E-state index contributed by atoms with van der Waals surface area (Å²) in [6.45, 7) is 0.695. The molecule has 0 unspecified atom stereocenters. The molecule has 92 valence electrons. The van der Waals surface area contributed by atoms with Gasteiger partial charge < -0.3 is 9.55 Å². The SMILES string of the molecule is Fc1cc2[nH]c(=S)n(Cc3ccsc3)c2cc1Br. The van der Waals surface area contributed by atoms with E-state index in [0.717, 1.165) is 11.0 Å². The Kier molecular flexibility index (Phi) is 3.09. The Morgan fingerprint density at radius 3 is 3.00 bits per heavy atom. The van der Waals surface area contributed by atoms with Crippen LogP contribution in [0.1, 0.15) is 5.56 Å². The summed E-state index contributed by atoms with van der Waals surface area (Å²) in [5.41, 5.74) is 2.81. The van der Waals surface area contributed by atoms with Gasteiger partial charge in [-0.15, -0.1) is 0 Å². The van der Waals surface area contributed by atoms with E-state index in [9.17, 15) is 4.39 Å². The summed E-state index contributed by atoms with van der Waals surface area (Å²) in [4.78, 5) is 3.03. The van der Waals surface area contributed by atoms with Gasteiger partial charge >= 0.3 is 0 Å². The molecular weight excluding hydrogens is 335 g/mol. The highest BCUT2D eigenvalue weighted by Crippen LogP contribution is 2.24. The molecule has 0 radical (unpaired) electrons. The van der Waals surface area contributed by atoms with Crippen molar-refractivity contribution in [2.75, 3.05) is 0 Å². The van der Waals surface area contributed by atoms with Crippen molar-refractivity contribution >= 4 is 50.5 Å².